The van der Waals surface area contributed by atoms with Crippen molar-refractivity contribution in [2.75, 3.05) is 0 Å². The average molecular weight is 325 g/mol. The van der Waals surface area contributed by atoms with Crippen molar-refractivity contribution < 1.29 is 0 Å². The summed E-state index contributed by atoms with van der Waals surface area (Å²) in [5, 5.41) is 0. The minimum Gasteiger partial charge on any atom is -0.0654 e. The van der Waals surface area contributed by atoms with E-state index in [4.69, 9.17) is 0 Å². The predicted octanol–water partition coefficient (Wildman–Crippen LogP) is 9.09. The topological polar surface area (TPSA) is 0 Å². The summed E-state index contributed by atoms with van der Waals surface area (Å²) in [5.74, 6) is 0. The zero-order valence-electron chi connectivity index (χ0n) is 16.8. The first kappa shape index (κ1) is 25.2. The number of unbranched alkanes of at least 4 members (excludes halogenated alkanes) is 17. The fourth-order valence-electron chi connectivity index (χ4n) is 2.80. The lowest BCUT2D eigenvalue weighted by Gasteiger charge is -2.02. The Morgan fingerprint density at radius 1 is 0.348 bits per heavy atom. The maximum atomic E-state index is 3.88. The van der Waals surface area contributed by atoms with Crippen LogP contribution >= 0.6 is 0 Å². The Hall–Kier alpha value is 0. The van der Waals surface area contributed by atoms with E-state index < -0.39 is 0 Å². The molecule has 23 heavy (non-hydrogen) atoms. The molecule has 0 heteroatoms. The van der Waals surface area contributed by atoms with Crippen molar-refractivity contribution in [2.45, 2.75) is 136 Å². The van der Waals surface area contributed by atoms with E-state index in [9.17, 15) is 0 Å². The summed E-state index contributed by atoms with van der Waals surface area (Å²) in [6.07, 6.45) is 26.4. The van der Waals surface area contributed by atoms with Crippen molar-refractivity contribution in [3.63, 3.8) is 0 Å². The second kappa shape index (κ2) is 26.9. The standard InChI is InChI=1S/C17H35.C6H13/c1-3-5-7-9-11-13-15-17-16-14-12-10-8-6-4-2;1-3-5-6-4-2/h1,3-17H2,2H3;1,3-6H2,2H3. The van der Waals surface area contributed by atoms with E-state index in [0.29, 0.717) is 0 Å². The van der Waals surface area contributed by atoms with Crippen molar-refractivity contribution in [1.82, 2.24) is 0 Å². The van der Waals surface area contributed by atoms with Crippen molar-refractivity contribution in [3.05, 3.63) is 13.8 Å². The lowest BCUT2D eigenvalue weighted by molar-refractivity contribution is 0.536. The Bertz CT molecular complexity index is 143. The molecule has 0 saturated carbocycles. The summed E-state index contributed by atoms with van der Waals surface area (Å²) in [7, 11) is 0. The van der Waals surface area contributed by atoms with Gasteiger partial charge < -0.3 is 0 Å². The Labute approximate surface area is 150 Å². The van der Waals surface area contributed by atoms with Crippen molar-refractivity contribution in [2.24, 2.45) is 0 Å². The highest BCUT2D eigenvalue weighted by Crippen LogP contribution is 2.13. The van der Waals surface area contributed by atoms with Crippen LogP contribution in [0.1, 0.15) is 136 Å². The van der Waals surface area contributed by atoms with E-state index in [2.05, 4.69) is 27.7 Å². The molecule has 0 atom stereocenters. The van der Waals surface area contributed by atoms with Crippen LogP contribution in [0.15, 0.2) is 0 Å². The first-order valence-electron chi connectivity index (χ1n) is 10.9. The van der Waals surface area contributed by atoms with Gasteiger partial charge in [-0.2, -0.15) is 0 Å². The molecule has 0 aromatic rings. The van der Waals surface area contributed by atoms with Gasteiger partial charge in [0.15, 0.2) is 0 Å². The first-order chi connectivity index (χ1) is 11.3. The smallest absolute Gasteiger partial charge is 0.0533 e. The van der Waals surface area contributed by atoms with Gasteiger partial charge in [0.25, 0.3) is 0 Å². The minimum absolute atomic E-state index is 1.10. The molecule has 0 fully saturated rings. The summed E-state index contributed by atoms with van der Waals surface area (Å²) in [6.45, 7) is 12.1. The molecular weight excluding hydrogens is 276 g/mol. The van der Waals surface area contributed by atoms with E-state index >= 15 is 0 Å². The molecule has 0 N–H and O–H groups in total. The van der Waals surface area contributed by atoms with Gasteiger partial charge in [0.2, 0.25) is 0 Å². The van der Waals surface area contributed by atoms with E-state index in [1.807, 2.05) is 0 Å². The first-order valence-corrected chi connectivity index (χ1v) is 10.9. The summed E-state index contributed by atoms with van der Waals surface area (Å²) >= 11 is 0. The Morgan fingerprint density at radius 3 is 0.826 bits per heavy atom. The molecular formula is C23H48. The molecule has 0 aliphatic carbocycles. The number of hydrogen-bond donors (Lipinski definition) is 0. The summed E-state index contributed by atoms with van der Waals surface area (Å²) in [6, 6.07) is 0. The normalized spacial score (nSPS) is 10.4. The van der Waals surface area contributed by atoms with Crippen molar-refractivity contribution in [3.8, 4) is 0 Å². The summed E-state index contributed by atoms with van der Waals surface area (Å²) < 4.78 is 0. The van der Waals surface area contributed by atoms with Gasteiger partial charge in [0, 0.05) is 0 Å². The third kappa shape index (κ3) is 30.4. The lowest BCUT2D eigenvalue weighted by Crippen LogP contribution is -1.82. The third-order valence-corrected chi connectivity index (χ3v) is 4.46. The number of hydrogen-bond acceptors (Lipinski definition) is 0. The molecule has 140 valence electrons. The van der Waals surface area contributed by atoms with Crippen LogP contribution < -0.4 is 0 Å². The van der Waals surface area contributed by atoms with Crippen LogP contribution in [0.5, 0.6) is 0 Å². The van der Waals surface area contributed by atoms with Crippen LogP contribution in [-0.4, -0.2) is 0 Å². The van der Waals surface area contributed by atoms with E-state index in [1.165, 1.54) is 109 Å². The zero-order chi connectivity index (χ0) is 17.4. The van der Waals surface area contributed by atoms with Crippen molar-refractivity contribution in [1.29, 1.82) is 0 Å². The molecule has 0 aromatic carbocycles. The second-order valence-corrected chi connectivity index (χ2v) is 7.01. The van der Waals surface area contributed by atoms with Crippen LogP contribution in [0.2, 0.25) is 0 Å². The predicted molar refractivity (Wildman–Crippen MR) is 110 cm³/mol. The Morgan fingerprint density at radius 2 is 0.565 bits per heavy atom. The highest BCUT2D eigenvalue weighted by Gasteiger charge is 1.93. The van der Waals surface area contributed by atoms with Crippen LogP contribution in [-0.2, 0) is 0 Å². The highest BCUT2D eigenvalue weighted by molar-refractivity contribution is 4.49. The molecule has 2 radical (unpaired) electrons. The van der Waals surface area contributed by atoms with E-state index in [0.717, 1.165) is 12.8 Å². The quantitative estimate of drug-likeness (QED) is 0.234. The van der Waals surface area contributed by atoms with Gasteiger partial charge in [-0.15, -0.1) is 0 Å². The van der Waals surface area contributed by atoms with Gasteiger partial charge in [-0.1, -0.05) is 150 Å². The maximum absolute atomic E-state index is 3.88. The molecule has 0 bridgehead atoms. The van der Waals surface area contributed by atoms with Crippen LogP contribution in [0.25, 0.3) is 0 Å². The Kier molecular flexibility index (Phi) is 29.5. The van der Waals surface area contributed by atoms with Gasteiger partial charge in [-0.3, -0.25) is 0 Å². The molecule has 0 unspecified atom stereocenters. The van der Waals surface area contributed by atoms with Crippen LogP contribution in [0, 0.1) is 13.8 Å². The van der Waals surface area contributed by atoms with E-state index in [1.54, 1.807) is 0 Å². The largest absolute Gasteiger partial charge is 0.0654 e. The SMILES string of the molecule is [CH2]CCCCC.[CH2]CCCCCCCCCCCCCCCC. The molecule has 0 amide bonds. The van der Waals surface area contributed by atoms with E-state index in [-0.39, 0.29) is 0 Å². The Balaban J connectivity index is 0. The van der Waals surface area contributed by atoms with Gasteiger partial charge in [-0.05, 0) is 0 Å². The molecule has 0 heterocycles. The molecule has 0 aliphatic heterocycles. The molecule has 0 rings (SSSR count). The fraction of sp³-hybridized carbons (Fsp3) is 0.913. The van der Waals surface area contributed by atoms with Gasteiger partial charge >= 0.3 is 0 Å². The molecule has 0 saturated heterocycles. The van der Waals surface area contributed by atoms with Gasteiger partial charge in [0.1, 0.15) is 0 Å². The molecule has 0 aliphatic rings. The third-order valence-electron chi connectivity index (χ3n) is 4.46. The average Bonchev–Trinajstić information content (AvgIpc) is 2.58. The highest BCUT2D eigenvalue weighted by atomic mass is 14.0. The molecule has 0 nitrogen and oxygen atoms in total. The second-order valence-electron chi connectivity index (χ2n) is 7.01. The summed E-state index contributed by atoms with van der Waals surface area (Å²) in [5.41, 5.74) is 0. The molecule has 0 spiro atoms. The number of rotatable bonds is 17. The fourth-order valence-corrected chi connectivity index (χ4v) is 2.80. The minimum atomic E-state index is 1.10. The van der Waals surface area contributed by atoms with Gasteiger partial charge in [-0.25, -0.2) is 0 Å². The van der Waals surface area contributed by atoms with Crippen molar-refractivity contribution >= 4 is 0 Å². The summed E-state index contributed by atoms with van der Waals surface area (Å²) in [4.78, 5) is 0. The van der Waals surface area contributed by atoms with Crippen LogP contribution in [0.4, 0.5) is 0 Å². The zero-order valence-corrected chi connectivity index (χ0v) is 16.8. The lowest BCUT2D eigenvalue weighted by atomic mass is 10.0. The van der Waals surface area contributed by atoms with Gasteiger partial charge in [0.05, 0.1) is 0 Å². The monoisotopic (exact) mass is 324 g/mol. The molecule has 0 aromatic heterocycles. The maximum Gasteiger partial charge on any atom is -0.0533 e. The van der Waals surface area contributed by atoms with Crippen LogP contribution in [0.3, 0.4) is 0 Å².